The van der Waals surface area contributed by atoms with E-state index in [0.29, 0.717) is 52.4 Å². The molecule has 640 valence electrons. The van der Waals surface area contributed by atoms with Gasteiger partial charge in [0.15, 0.2) is 52.4 Å². The third-order valence-corrected chi connectivity index (χ3v) is 26.1. The first-order chi connectivity index (χ1) is 67.9. The van der Waals surface area contributed by atoms with Crippen molar-refractivity contribution in [2.75, 3.05) is 0 Å². The molecule has 27 rings (SSSR count). The van der Waals surface area contributed by atoms with Crippen LogP contribution in [0.3, 0.4) is 0 Å². The number of hydrogen-bond acceptors (Lipinski definition) is 9. The van der Waals surface area contributed by atoms with Crippen LogP contribution in [0.4, 0.5) is 0 Å². The fourth-order valence-electron chi connectivity index (χ4n) is 19.5. The van der Waals surface area contributed by atoms with E-state index in [4.69, 9.17) is 44.9 Å². The SMILES string of the molecule is c1ccc(-c2ccc3c4ccc5ccccc5c4n(-c4ccc(-c5nc(-c6ccccc6)nc(-c6ccccc6)n5)cc4)c3c2)cc1.c1ccc(-c2nc(-c3ccccc3)nc(-c3ccc(-n4c5c6ccccc6ccc5c5ccc6ccccc6c54)cc3)n2)cc1.c1ccc(-c2nc(-c3ccccc3)nc(-c3ccc(-n4c5cc6ccccc6cc5c5ccc6ccccc6c54)cc3)n2)cc1. The second-order valence-electron chi connectivity index (χ2n) is 34.3. The molecule has 12 heteroatoms. The zero-order valence-electron chi connectivity index (χ0n) is 74.1. The van der Waals surface area contributed by atoms with E-state index in [1.807, 2.05) is 182 Å². The average molecular weight is 1750 g/mol. The summed E-state index contributed by atoms with van der Waals surface area (Å²) in [4.78, 5) is 44.2. The summed E-state index contributed by atoms with van der Waals surface area (Å²) in [7, 11) is 0. The second kappa shape index (κ2) is 34.6. The Balaban J connectivity index is 0.000000109. The zero-order chi connectivity index (χ0) is 90.6. The van der Waals surface area contributed by atoms with Crippen molar-refractivity contribution in [2.24, 2.45) is 0 Å². The second-order valence-corrected chi connectivity index (χ2v) is 34.3. The van der Waals surface area contributed by atoms with E-state index in [9.17, 15) is 0 Å². The van der Waals surface area contributed by atoms with Crippen LogP contribution >= 0.6 is 0 Å². The summed E-state index contributed by atoms with van der Waals surface area (Å²) >= 11 is 0. The molecule has 0 N–H and O–H groups in total. The fourth-order valence-corrected chi connectivity index (χ4v) is 19.5. The number of rotatable bonds is 13. The smallest absolute Gasteiger partial charge is 0.164 e. The predicted molar refractivity (Wildman–Crippen MR) is 564 cm³/mol. The summed E-state index contributed by atoms with van der Waals surface area (Å²) in [5, 5.41) is 19.7. The van der Waals surface area contributed by atoms with Crippen LogP contribution in [-0.2, 0) is 0 Å². The summed E-state index contributed by atoms with van der Waals surface area (Å²) in [5.74, 6) is 5.87. The monoisotopic (exact) mass is 1750 g/mol. The van der Waals surface area contributed by atoms with Crippen LogP contribution in [0, 0.1) is 0 Å². The fraction of sp³-hybridized carbons (Fsp3) is 0. The first kappa shape index (κ1) is 80.4. The third kappa shape index (κ3) is 14.9. The molecule has 0 atom stereocenters. The topological polar surface area (TPSA) is 131 Å². The molecular weight excluding hydrogens is 1670 g/mol. The molecule has 0 unspecified atom stereocenters. The highest BCUT2D eigenvalue weighted by Gasteiger charge is 2.24. The Bertz CT molecular complexity index is 8990. The van der Waals surface area contributed by atoms with Crippen molar-refractivity contribution in [3.63, 3.8) is 0 Å². The largest absolute Gasteiger partial charge is 0.309 e. The molecule has 0 saturated carbocycles. The number of hydrogen-bond donors (Lipinski definition) is 0. The number of aromatic nitrogens is 12. The standard InChI is InChI=1S/C43H28N4.2C41H26N4/c1-4-12-29(13-5-1)34-23-26-37-38-27-22-30-14-10-11-19-36(30)40(38)47(39(37)28-34)35-24-20-33(21-25-35)43-45-41(31-15-6-2-7-16-31)44-42(46-43)32-17-8-3-9-18-32;1-3-13-29(14-4-1)39-42-40(30-15-5-2-6-16-30)44-41(43-39)31-19-23-32(24-20-31)45-37-33-17-9-7-11-27(33)21-25-35(37)36-26-22-28-12-8-10-18-34(28)38(36)45;1-3-12-28(13-4-1)39-42-40(29-14-5-2-6-15-29)44-41(43-39)30-19-22-33(23-20-30)45-37-26-32-17-8-7-16-31(32)25-36(37)35-24-21-27-11-9-10-18-34(27)38(35)45/h1-28H;2*1-26H. The van der Waals surface area contributed by atoms with Crippen LogP contribution in [0.1, 0.15) is 0 Å². The lowest BCUT2D eigenvalue weighted by molar-refractivity contribution is 1.07. The lowest BCUT2D eigenvalue weighted by Crippen LogP contribution is -2.00. The number of benzene rings is 21. The first-order valence-electron chi connectivity index (χ1n) is 46.0. The van der Waals surface area contributed by atoms with Gasteiger partial charge in [-0.15, -0.1) is 0 Å². The van der Waals surface area contributed by atoms with Gasteiger partial charge < -0.3 is 13.7 Å². The molecule has 0 amide bonds. The van der Waals surface area contributed by atoms with Crippen LogP contribution in [0.15, 0.2) is 485 Å². The van der Waals surface area contributed by atoms with Crippen molar-refractivity contribution in [1.29, 1.82) is 0 Å². The number of fused-ring (bicyclic) bond motifs is 18. The molecule has 12 nitrogen and oxygen atoms in total. The van der Waals surface area contributed by atoms with Gasteiger partial charge in [-0.3, -0.25) is 0 Å². The van der Waals surface area contributed by atoms with Gasteiger partial charge in [0.2, 0.25) is 0 Å². The molecule has 6 heterocycles. The van der Waals surface area contributed by atoms with Crippen molar-refractivity contribution in [2.45, 2.75) is 0 Å². The molecular formula is C125H80N12. The maximum Gasteiger partial charge on any atom is 0.164 e. The molecule has 6 aromatic heterocycles. The van der Waals surface area contributed by atoms with Crippen LogP contribution in [0.2, 0.25) is 0 Å². The third-order valence-electron chi connectivity index (χ3n) is 26.1. The molecule has 27 aromatic rings. The normalized spacial score (nSPS) is 11.5. The molecule has 0 aliphatic heterocycles. The highest BCUT2D eigenvalue weighted by atomic mass is 15.1. The van der Waals surface area contributed by atoms with Gasteiger partial charge in [-0.05, 0) is 134 Å². The van der Waals surface area contributed by atoms with E-state index in [-0.39, 0.29) is 0 Å². The van der Waals surface area contributed by atoms with Gasteiger partial charge in [-0.2, -0.15) is 0 Å². The van der Waals surface area contributed by atoms with Crippen LogP contribution < -0.4 is 0 Å². The van der Waals surface area contributed by atoms with E-state index in [0.717, 1.165) is 67.1 Å². The van der Waals surface area contributed by atoms with Gasteiger partial charge in [0.25, 0.3) is 0 Å². The molecule has 0 fully saturated rings. The molecule has 137 heavy (non-hydrogen) atoms. The molecule has 0 saturated heterocycles. The molecule has 0 radical (unpaired) electrons. The van der Waals surface area contributed by atoms with Crippen molar-refractivity contribution in [3.8, 4) is 131 Å². The Labute approximate surface area is 788 Å². The quantitative estimate of drug-likeness (QED) is 0.111. The van der Waals surface area contributed by atoms with Gasteiger partial charge in [0.1, 0.15) is 0 Å². The van der Waals surface area contributed by atoms with E-state index in [1.165, 1.54) is 130 Å². The summed E-state index contributed by atoms with van der Waals surface area (Å²) in [6.45, 7) is 0. The van der Waals surface area contributed by atoms with Gasteiger partial charge in [0, 0.05) is 121 Å². The van der Waals surface area contributed by atoms with E-state index < -0.39 is 0 Å². The van der Waals surface area contributed by atoms with E-state index >= 15 is 0 Å². The average Bonchev–Trinajstić information content (AvgIpc) is 1.57. The van der Waals surface area contributed by atoms with Gasteiger partial charge >= 0.3 is 0 Å². The Hall–Kier alpha value is -18.7. The Morgan fingerprint density at radius 2 is 0.321 bits per heavy atom. The molecule has 0 aliphatic carbocycles. The molecule has 21 aromatic carbocycles. The Morgan fingerprint density at radius 3 is 0.620 bits per heavy atom. The first-order valence-corrected chi connectivity index (χ1v) is 46.0. The zero-order valence-corrected chi connectivity index (χ0v) is 74.1. The lowest BCUT2D eigenvalue weighted by atomic mass is 10.0. The Morgan fingerprint density at radius 1 is 0.117 bits per heavy atom. The number of nitrogens with zero attached hydrogens (tertiary/aromatic N) is 12. The minimum absolute atomic E-state index is 0.642. The maximum absolute atomic E-state index is 4.95. The van der Waals surface area contributed by atoms with Crippen LogP contribution in [0.5, 0.6) is 0 Å². The van der Waals surface area contributed by atoms with Gasteiger partial charge in [-0.1, -0.05) is 394 Å². The summed E-state index contributed by atoms with van der Waals surface area (Å²) in [5.41, 5.74) is 21.4. The van der Waals surface area contributed by atoms with Crippen molar-refractivity contribution >= 4 is 119 Å². The summed E-state index contributed by atoms with van der Waals surface area (Å²) in [6, 6.07) is 170. The van der Waals surface area contributed by atoms with Crippen molar-refractivity contribution in [3.05, 3.63) is 485 Å². The van der Waals surface area contributed by atoms with Crippen molar-refractivity contribution < 1.29 is 0 Å². The van der Waals surface area contributed by atoms with Gasteiger partial charge in [0.05, 0.1) is 33.1 Å². The van der Waals surface area contributed by atoms with E-state index in [2.05, 4.69) is 317 Å². The summed E-state index contributed by atoms with van der Waals surface area (Å²) < 4.78 is 7.24. The lowest BCUT2D eigenvalue weighted by Gasteiger charge is -2.12. The predicted octanol–water partition coefficient (Wildman–Crippen LogP) is 31.3. The minimum Gasteiger partial charge on any atom is -0.309 e. The van der Waals surface area contributed by atoms with E-state index in [1.54, 1.807) is 0 Å². The van der Waals surface area contributed by atoms with Crippen LogP contribution in [-0.4, -0.2) is 58.6 Å². The van der Waals surface area contributed by atoms with Crippen LogP contribution in [0.25, 0.3) is 250 Å². The van der Waals surface area contributed by atoms with Gasteiger partial charge in [-0.25, -0.2) is 44.9 Å². The summed E-state index contributed by atoms with van der Waals surface area (Å²) in [6.07, 6.45) is 0. The highest BCUT2D eigenvalue weighted by molar-refractivity contribution is 6.25. The van der Waals surface area contributed by atoms with Crippen molar-refractivity contribution in [1.82, 2.24) is 58.6 Å². The maximum atomic E-state index is 4.95. The molecule has 0 bridgehead atoms. The molecule has 0 aliphatic rings. The Kier molecular flexibility index (Phi) is 20.3. The minimum atomic E-state index is 0.642. The molecule has 0 spiro atoms. The highest BCUT2D eigenvalue weighted by Crippen LogP contribution is 2.45.